The topological polar surface area (TPSA) is 75.6 Å². The molecule has 0 aliphatic rings. The second kappa shape index (κ2) is 4.99. The Morgan fingerprint density at radius 3 is 2.47 bits per heavy atom. The van der Waals surface area contributed by atoms with Gasteiger partial charge in [-0.25, -0.2) is 0 Å². The van der Waals surface area contributed by atoms with E-state index in [1.54, 1.807) is 12.1 Å². The lowest BCUT2D eigenvalue weighted by Gasteiger charge is -2.04. The van der Waals surface area contributed by atoms with E-state index < -0.39 is 11.9 Å². The molecule has 1 aromatic carbocycles. The summed E-state index contributed by atoms with van der Waals surface area (Å²) in [7, 11) is 0. The van der Waals surface area contributed by atoms with Crippen LogP contribution in [0.4, 0.5) is 5.69 Å². The molecule has 1 amide bonds. The van der Waals surface area contributed by atoms with Crippen molar-refractivity contribution in [3.63, 3.8) is 0 Å². The molecule has 0 fully saturated rings. The number of aromatic hydroxyl groups is 1. The van der Waals surface area contributed by atoms with Gasteiger partial charge in [-0.2, -0.15) is 0 Å². The highest BCUT2D eigenvalue weighted by Gasteiger charge is 2.03. The van der Waals surface area contributed by atoms with Crippen LogP contribution in [0.1, 0.15) is 6.92 Å². The highest BCUT2D eigenvalue weighted by atomic mass is 16.5. The van der Waals surface area contributed by atoms with Crippen LogP contribution >= 0.6 is 0 Å². The van der Waals surface area contributed by atoms with E-state index in [1.165, 1.54) is 19.1 Å². The molecule has 0 aromatic heterocycles. The van der Waals surface area contributed by atoms with Gasteiger partial charge in [0.25, 0.3) is 5.91 Å². The minimum atomic E-state index is -0.504. The van der Waals surface area contributed by atoms with E-state index in [-0.39, 0.29) is 12.4 Å². The lowest BCUT2D eigenvalue weighted by molar-refractivity contribution is -0.144. The largest absolute Gasteiger partial charge is 0.508 e. The molecular weight excluding hydrogens is 198 g/mol. The van der Waals surface area contributed by atoms with Gasteiger partial charge < -0.3 is 15.2 Å². The van der Waals surface area contributed by atoms with Crippen molar-refractivity contribution < 1.29 is 19.4 Å². The summed E-state index contributed by atoms with van der Waals surface area (Å²) in [6.07, 6.45) is 0. The number of ether oxygens (including phenoxy) is 1. The molecule has 0 saturated carbocycles. The van der Waals surface area contributed by atoms with Crippen molar-refractivity contribution in [3.8, 4) is 5.75 Å². The zero-order valence-electron chi connectivity index (χ0n) is 8.19. The van der Waals surface area contributed by atoms with Crippen LogP contribution in [0.15, 0.2) is 24.3 Å². The lowest BCUT2D eigenvalue weighted by atomic mass is 10.3. The van der Waals surface area contributed by atoms with Gasteiger partial charge in [-0.1, -0.05) is 0 Å². The fraction of sp³-hybridized carbons (Fsp3) is 0.200. The van der Waals surface area contributed by atoms with Gasteiger partial charge in [-0.05, 0) is 24.3 Å². The Kier molecular flexibility index (Phi) is 3.68. The molecule has 1 aromatic rings. The van der Waals surface area contributed by atoms with Crippen molar-refractivity contribution in [2.75, 3.05) is 11.9 Å². The number of phenolic OH excluding ortho intramolecular Hbond substituents is 1. The normalized spacial score (nSPS) is 9.40. The molecule has 1 rings (SSSR count). The Morgan fingerprint density at radius 2 is 1.93 bits per heavy atom. The first-order chi connectivity index (χ1) is 7.08. The summed E-state index contributed by atoms with van der Waals surface area (Å²) in [6, 6.07) is 5.98. The van der Waals surface area contributed by atoms with Gasteiger partial charge in [0.1, 0.15) is 5.75 Å². The van der Waals surface area contributed by atoms with Crippen LogP contribution in [0.3, 0.4) is 0 Å². The molecule has 0 spiro atoms. The highest BCUT2D eigenvalue weighted by Crippen LogP contribution is 2.13. The summed E-state index contributed by atoms with van der Waals surface area (Å²) in [5.41, 5.74) is 0.532. The fourth-order valence-electron chi connectivity index (χ4n) is 0.909. The molecular formula is C10H11NO4. The molecule has 0 aliphatic carbocycles. The van der Waals surface area contributed by atoms with E-state index in [4.69, 9.17) is 5.11 Å². The average Bonchev–Trinajstić information content (AvgIpc) is 2.19. The maximum atomic E-state index is 11.2. The number of benzene rings is 1. The molecule has 0 heterocycles. The first-order valence-corrected chi connectivity index (χ1v) is 4.30. The standard InChI is InChI=1S/C10H11NO4/c1-7(12)15-6-10(14)11-8-2-4-9(13)5-3-8/h2-5,13H,6H2,1H3,(H,11,14). The van der Waals surface area contributed by atoms with E-state index >= 15 is 0 Å². The summed E-state index contributed by atoms with van der Waals surface area (Å²) in [4.78, 5) is 21.6. The van der Waals surface area contributed by atoms with Gasteiger partial charge in [-0.15, -0.1) is 0 Å². The first-order valence-electron chi connectivity index (χ1n) is 4.30. The minimum absolute atomic E-state index is 0.119. The van der Waals surface area contributed by atoms with Crippen LogP contribution in [0, 0.1) is 0 Å². The molecule has 0 aliphatic heterocycles. The van der Waals surface area contributed by atoms with Gasteiger partial charge in [-0.3, -0.25) is 9.59 Å². The van der Waals surface area contributed by atoms with Crippen molar-refractivity contribution in [2.24, 2.45) is 0 Å². The number of hydrogen-bond acceptors (Lipinski definition) is 4. The van der Waals surface area contributed by atoms with Gasteiger partial charge in [0.15, 0.2) is 6.61 Å². The predicted octanol–water partition coefficient (Wildman–Crippen LogP) is 0.894. The summed E-state index contributed by atoms with van der Waals surface area (Å²) in [5.74, 6) is -0.806. The third-order valence-corrected chi connectivity index (χ3v) is 1.56. The minimum Gasteiger partial charge on any atom is -0.508 e. The number of nitrogens with one attached hydrogen (secondary N) is 1. The van der Waals surface area contributed by atoms with Gasteiger partial charge in [0.05, 0.1) is 0 Å². The molecule has 0 bridgehead atoms. The number of rotatable bonds is 3. The Bertz CT molecular complexity index is 358. The summed E-state index contributed by atoms with van der Waals surface area (Å²) in [5, 5.41) is 11.5. The summed E-state index contributed by atoms with van der Waals surface area (Å²) < 4.78 is 4.50. The molecule has 5 nitrogen and oxygen atoms in total. The van der Waals surface area contributed by atoms with E-state index in [2.05, 4.69) is 10.1 Å². The molecule has 0 unspecified atom stereocenters. The Hall–Kier alpha value is -2.04. The van der Waals surface area contributed by atoms with Crippen LogP contribution in [-0.4, -0.2) is 23.6 Å². The Labute approximate surface area is 86.7 Å². The van der Waals surface area contributed by atoms with Crippen LogP contribution in [0.25, 0.3) is 0 Å². The third-order valence-electron chi connectivity index (χ3n) is 1.56. The second-order valence-electron chi connectivity index (χ2n) is 2.88. The number of carbonyl (C=O) groups is 2. The van der Waals surface area contributed by atoms with Gasteiger partial charge in [0, 0.05) is 12.6 Å². The Balaban J connectivity index is 2.44. The zero-order valence-corrected chi connectivity index (χ0v) is 8.19. The second-order valence-corrected chi connectivity index (χ2v) is 2.88. The SMILES string of the molecule is CC(=O)OCC(=O)Nc1ccc(O)cc1. The quantitative estimate of drug-likeness (QED) is 0.572. The number of anilines is 1. The number of carbonyl (C=O) groups excluding carboxylic acids is 2. The van der Waals surface area contributed by atoms with Crippen LogP contribution in [-0.2, 0) is 14.3 Å². The summed E-state index contributed by atoms with van der Waals surface area (Å²) >= 11 is 0. The van der Waals surface area contributed by atoms with Crippen molar-refractivity contribution in [2.45, 2.75) is 6.92 Å². The summed E-state index contributed by atoms with van der Waals surface area (Å²) in [6.45, 7) is 0.921. The van der Waals surface area contributed by atoms with Crippen molar-refractivity contribution in [1.29, 1.82) is 0 Å². The molecule has 5 heteroatoms. The van der Waals surface area contributed by atoms with Crippen molar-refractivity contribution in [1.82, 2.24) is 0 Å². The van der Waals surface area contributed by atoms with E-state index in [0.717, 1.165) is 0 Å². The average molecular weight is 209 g/mol. The third kappa shape index (κ3) is 4.12. The predicted molar refractivity (Wildman–Crippen MR) is 53.4 cm³/mol. The zero-order chi connectivity index (χ0) is 11.3. The van der Waals surface area contributed by atoms with Crippen LogP contribution < -0.4 is 5.32 Å². The lowest BCUT2D eigenvalue weighted by Crippen LogP contribution is -2.19. The Morgan fingerprint density at radius 1 is 1.33 bits per heavy atom. The molecule has 0 radical (unpaired) electrons. The smallest absolute Gasteiger partial charge is 0.303 e. The van der Waals surface area contributed by atoms with Crippen molar-refractivity contribution >= 4 is 17.6 Å². The first kappa shape index (κ1) is 11.0. The number of esters is 1. The van der Waals surface area contributed by atoms with E-state index in [0.29, 0.717) is 5.69 Å². The number of amides is 1. The monoisotopic (exact) mass is 209 g/mol. The highest BCUT2D eigenvalue weighted by molar-refractivity contribution is 5.92. The van der Waals surface area contributed by atoms with Gasteiger partial charge in [0.2, 0.25) is 0 Å². The van der Waals surface area contributed by atoms with Crippen LogP contribution in [0.5, 0.6) is 5.75 Å². The van der Waals surface area contributed by atoms with E-state index in [1.807, 2.05) is 0 Å². The van der Waals surface area contributed by atoms with Gasteiger partial charge >= 0.3 is 5.97 Å². The molecule has 80 valence electrons. The number of hydrogen-bond donors (Lipinski definition) is 2. The number of phenols is 1. The van der Waals surface area contributed by atoms with E-state index in [9.17, 15) is 9.59 Å². The maximum absolute atomic E-state index is 11.2. The fourth-order valence-corrected chi connectivity index (χ4v) is 0.909. The van der Waals surface area contributed by atoms with Crippen molar-refractivity contribution in [3.05, 3.63) is 24.3 Å². The molecule has 15 heavy (non-hydrogen) atoms. The van der Waals surface area contributed by atoms with Crippen LogP contribution in [0.2, 0.25) is 0 Å². The molecule has 2 N–H and O–H groups in total. The molecule has 0 atom stereocenters. The maximum Gasteiger partial charge on any atom is 0.303 e. The molecule has 0 saturated heterocycles.